The van der Waals surface area contributed by atoms with Crippen LogP contribution < -0.4 is 16.2 Å². The van der Waals surface area contributed by atoms with Gasteiger partial charge in [0.1, 0.15) is 5.15 Å². The molecule has 2 rings (SSSR count). The van der Waals surface area contributed by atoms with Crippen molar-refractivity contribution in [2.75, 3.05) is 11.1 Å². The molecule has 0 aliphatic rings. The number of carbonyl (C=O) groups is 1. The Kier molecular flexibility index (Phi) is 6.61. The van der Waals surface area contributed by atoms with Gasteiger partial charge < -0.3 is 15.2 Å². The molecule has 0 atom stereocenters. The van der Waals surface area contributed by atoms with Crippen molar-refractivity contribution in [3.8, 4) is 0 Å². The van der Waals surface area contributed by atoms with Crippen LogP contribution in [0.5, 0.6) is 0 Å². The third kappa shape index (κ3) is 5.20. The Morgan fingerprint density at radius 3 is 2.79 bits per heavy atom. The van der Waals surface area contributed by atoms with Crippen molar-refractivity contribution in [3.63, 3.8) is 0 Å². The molecule has 1 amide bonds. The molecule has 1 aromatic heterocycles. The number of para-hydroxylation sites is 1. The van der Waals surface area contributed by atoms with Gasteiger partial charge in [0.2, 0.25) is 5.91 Å². The molecule has 126 valence electrons. The number of benzene rings is 1. The molecule has 0 aliphatic heterocycles. The van der Waals surface area contributed by atoms with Crippen molar-refractivity contribution in [2.24, 2.45) is 7.05 Å². The van der Waals surface area contributed by atoms with Crippen LogP contribution in [0.1, 0.15) is 0 Å². The van der Waals surface area contributed by atoms with E-state index < -0.39 is 0 Å². The Bertz CT molecular complexity index is 842. The lowest BCUT2D eigenvalue weighted by atomic mass is 10.3. The summed E-state index contributed by atoms with van der Waals surface area (Å²) in [6.07, 6.45) is 1.40. The number of halogens is 2. The summed E-state index contributed by atoms with van der Waals surface area (Å²) in [4.78, 5) is 27.7. The molecule has 0 bridgehead atoms. The number of nitrogens with one attached hydrogen (secondary N) is 2. The first-order valence-corrected chi connectivity index (χ1v) is 8.73. The molecule has 24 heavy (non-hydrogen) atoms. The van der Waals surface area contributed by atoms with Gasteiger partial charge in [-0.05, 0) is 24.4 Å². The van der Waals surface area contributed by atoms with Gasteiger partial charge in [-0.25, -0.2) is 4.98 Å². The van der Waals surface area contributed by atoms with E-state index in [-0.39, 0.29) is 32.5 Å². The van der Waals surface area contributed by atoms with E-state index in [9.17, 15) is 9.59 Å². The fourth-order valence-electron chi connectivity index (χ4n) is 1.65. The number of carbonyl (C=O) groups excluding carboxylic acids is 1. The van der Waals surface area contributed by atoms with Gasteiger partial charge in [0.05, 0.1) is 16.5 Å². The molecule has 0 fully saturated rings. The number of amides is 1. The molecule has 2 aromatic rings. The van der Waals surface area contributed by atoms with E-state index in [4.69, 9.17) is 35.4 Å². The Balaban J connectivity index is 1.91. The van der Waals surface area contributed by atoms with Gasteiger partial charge in [-0.3, -0.25) is 9.59 Å². The maximum Gasteiger partial charge on any atom is 0.282 e. The van der Waals surface area contributed by atoms with Crippen LogP contribution in [0.15, 0.2) is 40.3 Å². The summed E-state index contributed by atoms with van der Waals surface area (Å²) in [6, 6.07) is 7.00. The summed E-state index contributed by atoms with van der Waals surface area (Å²) >= 11 is 17.8. The van der Waals surface area contributed by atoms with E-state index in [2.05, 4.69) is 15.6 Å². The monoisotopic (exact) mass is 402 g/mol. The topological polar surface area (TPSA) is 76.0 Å². The number of rotatable bonds is 4. The number of nitrogens with zero attached hydrogens (tertiary/aromatic N) is 2. The van der Waals surface area contributed by atoms with Gasteiger partial charge in [0.15, 0.2) is 10.1 Å². The van der Waals surface area contributed by atoms with Crippen molar-refractivity contribution in [2.45, 2.75) is 5.03 Å². The molecule has 0 aliphatic carbocycles. The minimum Gasteiger partial charge on any atom is -0.331 e. The highest BCUT2D eigenvalue weighted by atomic mass is 35.5. The lowest BCUT2D eigenvalue weighted by Gasteiger charge is -2.10. The molecule has 0 radical (unpaired) electrons. The van der Waals surface area contributed by atoms with Crippen LogP contribution in [0, 0.1) is 0 Å². The van der Waals surface area contributed by atoms with Crippen LogP contribution in [0.3, 0.4) is 0 Å². The first-order valence-electron chi connectivity index (χ1n) is 6.58. The second-order valence-corrected chi connectivity index (χ2v) is 6.72. The Morgan fingerprint density at radius 2 is 2.08 bits per heavy atom. The average Bonchev–Trinajstić information content (AvgIpc) is 2.51. The largest absolute Gasteiger partial charge is 0.331 e. The molecule has 2 N–H and O–H groups in total. The standard InChI is InChI=1S/C14H12Cl2N4O2S2/c1-20-6-10(16)18-12(13(20)22)24-7-11(21)19-14(23)17-9-5-3-2-4-8(9)15/h2-6H,7H2,1H3,(H2,17,19,21,23). The molecule has 0 saturated carbocycles. The quantitative estimate of drug-likeness (QED) is 0.604. The van der Waals surface area contributed by atoms with Crippen molar-refractivity contribution in [1.29, 1.82) is 0 Å². The minimum absolute atomic E-state index is 0.0348. The van der Waals surface area contributed by atoms with E-state index in [0.717, 1.165) is 11.8 Å². The van der Waals surface area contributed by atoms with Crippen LogP contribution in [-0.4, -0.2) is 26.3 Å². The number of anilines is 1. The summed E-state index contributed by atoms with van der Waals surface area (Å²) in [5, 5.41) is 6.25. The van der Waals surface area contributed by atoms with Gasteiger partial charge in [-0.2, -0.15) is 0 Å². The summed E-state index contributed by atoms with van der Waals surface area (Å²) in [6.45, 7) is 0. The van der Waals surface area contributed by atoms with Gasteiger partial charge in [-0.1, -0.05) is 47.1 Å². The van der Waals surface area contributed by atoms with E-state index >= 15 is 0 Å². The zero-order valence-corrected chi connectivity index (χ0v) is 15.5. The number of hydrogen-bond donors (Lipinski definition) is 2. The third-order valence-electron chi connectivity index (χ3n) is 2.73. The number of hydrogen-bond acceptors (Lipinski definition) is 5. The van der Waals surface area contributed by atoms with Gasteiger partial charge >= 0.3 is 0 Å². The maximum atomic E-state index is 11.9. The Morgan fingerprint density at radius 1 is 1.38 bits per heavy atom. The van der Waals surface area contributed by atoms with Crippen molar-refractivity contribution in [3.05, 3.63) is 51.0 Å². The first kappa shape index (κ1) is 18.7. The Labute approximate surface area is 157 Å². The smallest absolute Gasteiger partial charge is 0.282 e. The minimum atomic E-state index is -0.381. The van der Waals surface area contributed by atoms with Crippen LogP contribution in [-0.2, 0) is 11.8 Å². The summed E-state index contributed by atoms with van der Waals surface area (Å²) in [5.74, 6) is -0.416. The van der Waals surface area contributed by atoms with Crippen LogP contribution in [0.4, 0.5) is 5.69 Å². The van der Waals surface area contributed by atoms with Crippen molar-refractivity contribution < 1.29 is 4.79 Å². The summed E-state index contributed by atoms with van der Waals surface area (Å²) in [7, 11) is 1.56. The SMILES string of the molecule is Cn1cc(Cl)nc(SCC(=O)NC(=S)Nc2ccccc2Cl)c1=O. The maximum absolute atomic E-state index is 11.9. The predicted molar refractivity (Wildman–Crippen MR) is 101 cm³/mol. The summed E-state index contributed by atoms with van der Waals surface area (Å²) < 4.78 is 1.30. The number of thiocarbonyl (C=S) groups is 1. The van der Waals surface area contributed by atoms with Gasteiger partial charge in [0, 0.05) is 13.2 Å². The average molecular weight is 403 g/mol. The van der Waals surface area contributed by atoms with E-state index in [0.29, 0.717) is 10.7 Å². The fourth-order valence-corrected chi connectivity index (χ4v) is 3.11. The highest BCUT2D eigenvalue weighted by Crippen LogP contribution is 2.20. The number of aryl methyl sites for hydroxylation is 1. The lowest BCUT2D eigenvalue weighted by molar-refractivity contribution is -0.117. The molecule has 0 spiro atoms. The molecular weight excluding hydrogens is 391 g/mol. The van der Waals surface area contributed by atoms with E-state index in [1.165, 1.54) is 10.8 Å². The van der Waals surface area contributed by atoms with Crippen LogP contribution >= 0.6 is 47.2 Å². The van der Waals surface area contributed by atoms with E-state index in [1.807, 2.05) is 0 Å². The highest BCUT2D eigenvalue weighted by molar-refractivity contribution is 7.99. The summed E-state index contributed by atoms with van der Waals surface area (Å²) in [5.41, 5.74) is 0.261. The van der Waals surface area contributed by atoms with E-state index in [1.54, 1.807) is 31.3 Å². The highest BCUT2D eigenvalue weighted by Gasteiger charge is 2.11. The number of thioether (sulfide) groups is 1. The van der Waals surface area contributed by atoms with Gasteiger partial charge in [-0.15, -0.1) is 0 Å². The molecule has 6 nitrogen and oxygen atoms in total. The third-order valence-corrected chi connectivity index (χ3v) is 4.39. The molecular formula is C14H12Cl2N4O2S2. The molecule has 1 aromatic carbocycles. The van der Waals surface area contributed by atoms with Crippen molar-refractivity contribution >= 4 is 63.9 Å². The van der Waals surface area contributed by atoms with Crippen LogP contribution in [0.25, 0.3) is 0 Å². The molecule has 0 unspecified atom stereocenters. The Hall–Kier alpha value is -1.61. The van der Waals surface area contributed by atoms with Crippen LogP contribution in [0.2, 0.25) is 10.2 Å². The van der Waals surface area contributed by atoms with Gasteiger partial charge in [0.25, 0.3) is 5.56 Å². The lowest BCUT2D eigenvalue weighted by Crippen LogP contribution is -2.35. The zero-order valence-electron chi connectivity index (χ0n) is 12.4. The molecule has 1 heterocycles. The fraction of sp³-hybridized carbons (Fsp3) is 0.143. The number of aromatic nitrogens is 2. The van der Waals surface area contributed by atoms with Crippen molar-refractivity contribution in [1.82, 2.24) is 14.9 Å². The zero-order chi connectivity index (χ0) is 17.7. The normalized spacial score (nSPS) is 10.3. The molecule has 10 heteroatoms. The molecule has 0 saturated heterocycles. The first-order chi connectivity index (χ1) is 11.4. The predicted octanol–water partition coefficient (Wildman–Crippen LogP) is 2.69. The second-order valence-electron chi connectivity index (χ2n) is 4.56. The second kappa shape index (κ2) is 8.48.